The Labute approximate surface area is 97.7 Å². The molecule has 1 aromatic carbocycles. The van der Waals surface area contributed by atoms with Gasteiger partial charge in [0.2, 0.25) is 0 Å². The Bertz CT molecular complexity index is 452. The summed E-state index contributed by atoms with van der Waals surface area (Å²) >= 11 is 0. The average molecular weight is 213 g/mol. The van der Waals surface area contributed by atoms with Gasteiger partial charge in [0.15, 0.2) is 0 Å². The Hall–Kier alpha value is -1.50. The Morgan fingerprint density at radius 2 is 1.81 bits per heavy atom. The first-order valence-electron chi connectivity index (χ1n) is 5.98. The van der Waals surface area contributed by atoms with Gasteiger partial charge in [-0.05, 0) is 37.5 Å². The fourth-order valence-corrected chi connectivity index (χ4v) is 2.00. The van der Waals surface area contributed by atoms with Crippen LogP contribution in [0.4, 0.5) is 0 Å². The number of hydrogen-bond acceptors (Lipinski definition) is 0. The molecule has 0 amide bonds. The topological polar surface area (TPSA) is 4.93 Å². The third-order valence-electron chi connectivity index (χ3n) is 2.94. The first-order valence-corrected chi connectivity index (χ1v) is 5.98. The normalized spacial score (nSPS) is 11.0. The van der Waals surface area contributed by atoms with Crippen LogP contribution in [0.2, 0.25) is 0 Å². The van der Waals surface area contributed by atoms with Crippen LogP contribution >= 0.6 is 0 Å². The van der Waals surface area contributed by atoms with Crippen LogP contribution in [0.15, 0.2) is 42.6 Å². The predicted molar refractivity (Wildman–Crippen MR) is 69.6 cm³/mol. The van der Waals surface area contributed by atoms with Crippen molar-refractivity contribution < 1.29 is 0 Å². The molecule has 0 spiro atoms. The zero-order valence-electron chi connectivity index (χ0n) is 10.3. The summed E-state index contributed by atoms with van der Waals surface area (Å²) in [4.78, 5) is 0. The minimum Gasteiger partial charge on any atom is -0.345 e. The first kappa shape index (κ1) is 11.0. The van der Waals surface area contributed by atoms with E-state index >= 15 is 0 Å². The molecule has 0 aliphatic carbocycles. The van der Waals surface area contributed by atoms with E-state index in [0.717, 1.165) is 6.42 Å². The van der Waals surface area contributed by atoms with Gasteiger partial charge in [-0.3, -0.25) is 0 Å². The molecule has 1 heteroatoms. The van der Waals surface area contributed by atoms with Gasteiger partial charge in [-0.2, -0.15) is 0 Å². The monoisotopic (exact) mass is 213 g/mol. The maximum absolute atomic E-state index is 2.36. The van der Waals surface area contributed by atoms with Crippen molar-refractivity contribution in [2.75, 3.05) is 0 Å². The van der Waals surface area contributed by atoms with Crippen molar-refractivity contribution >= 4 is 0 Å². The van der Waals surface area contributed by atoms with Crippen molar-refractivity contribution in [2.45, 2.75) is 33.2 Å². The Balaban J connectivity index is 2.51. The van der Waals surface area contributed by atoms with Crippen LogP contribution in [-0.4, -0.2) is 4.57 Å². The molecule has 2 aromatic rings. The molecular weight excluding hydrogens is 194 g/mol. The lowest BCUT2D eigenvalue weighted by atomic mass is 10.1. The fraction of sp³-hybridized carbons (Fsp3) is 0.333. The summed E-state index contributed by atoms with van der Waals surface area (Å²) in [5, 5.41) is 0. The number of hydrogen-bond donors (Lipinski definition) is 0. The van der Waals surface area contributed by atoms with E-state index in [1.807, 2.05) is 0 Å². The molecule has 1 aromatic heterocycles. The van der Waals surface area contributed by atoms with Gasteiger partial charge in [-0.1, -0.05) is 37.3 Å². The van der Waals surface area contributed by atoms with Crippen molar-refractivity contribution in [3.63, 3.8) is 0 Å². The smallest absolute Gasteiger partial charge is 0.0485 e. The van der Waals surface area contributed by atoms with Gasteiger partial charge in [0.05, 0.1) is 0 Å². The molecule has 0 radical (unpaired) electrons. The van der Waals surface area contributed by atoms with Crippen LogP contribution in [0, 0.1) is 0 Å². The van der Waals surface area contributed by atoms with Crippen LogP contribution < -0.4 is 0 Å². The summed E-state index contributed by atoms with van der Waals surface area (Å²) in [6, 6.07) is 13.4. The summed E-state index contributed by atoms with van der Waals surface area (Å²) in [6.45, 7) is 6.66. The maximum atomic E-state index is 2.36. The Morgan fingerprint density at radius 1 is 1.12 bits per heavy atom. The molecular formula is C15H19N. The third-order valence-corrected chi connectivity index (χ3v) is 2.94. The van der Waals surface area contributed by atoms with E-state index in [1.54, 1.807) is 0 Å². The van der Waals surface area contributed by atoms with E-state index < -0.39 is 0 Å². The highest BCUT2D eigenvalue weighted by Crippen LogP contribution is 2.25. The lowest BCUT2D eigenvalue weighted by molar-refractivity contribution is 0.608. The van der Waals surface area contributed by atoms with Gasteiger partial charge >= 0.3 is 0 Å². The Morgan fingerprint density at radius 3 is 2.38 bits per heavy atom. The van der Waals surface area contributed by atoms with Crippen LogP contribution in [0.25, 0.3) is 11.3 Å². The third kappa shape index (κ3) is 2.04. The number of benzene rings is 1. The first-order chi connectivity index (χ1) is 7.72. The SMILES string of the molecule is CCc1cc(-c2ccccc2)n(C(C)C)c1. The lowest BCUT2D eigenvalue weighted by Crippen LogP contribution is -2.00. The average Bonchev–Trinajstić information content (AvgIpc) is 2.74. The second-order valence-corrected chi connectivity index (χ2v) is 4.45. The molecule has 0 saturated carbocycles. The minimum atomic E-state index is 0.510. The van der Waals surface area contributed by atoms with Gasteiger partial charge in [0.25, 0.3) is 0 Å². The van der Waals surface area contributed by atoms with Crippen molar-refractivity contribution in [2.24, 2.45) is 0 Å². The molecule has 84 valence electrons. The minimum absolute atomic E-state index is 0.510. The number of nitrogens with zero attached hydrogens (tertiary/aromatic N) is 1. The summed E-state index contributed by atoms with van der Waals surface area (Å²) in [7, 11) is 0. The lowest BCUT2D eigenvalue weighted by Gasteiger charge is -2.12. The van der Waals surface area contributed by atoms with Gasteiger partial charge in [0.1, 0.15) is 0 Å². The molecule has 2 rings (SSSR count). The Kier molecular flexibility index (Phi) is 3.14. The fourth-order valence-electron chi connectivity index (χ4n) is 2.00. The molecule has 16 heavy (non-hydrogen) atoms. The van der Waals surface area contributed by atoms with Gasteiger partial charge in [-0.25, -0.2) is 0 Å². The second-order valence-electron chi connectivity index (χ2n) is 4.45. The van der Waals surface area contributed by atoms with Gasteiger partial charge in [-0.15, -0.1) is 0 Å². The van der Waals surface area contributed by atoms with E-state index in [0.29, 0.717) is 6.04 Å². The van der Waals surface area contributed by atoms with Crippen molar-refractivity contribution in [1.82, 2.24) is 4.57 Å². The highest BCUT2D eigenvalue weighted by atomic mass is 15.0. The molecule has 0 N–H and O–H groups in total. The predicted octanol–water partition coefficient (Wildman–Crippen LogP) is 4.30. The summed E-state index contributed by atoms with van der Waals surface area (Å²) in [5.74, 6) is 0. The quantitative estimate of drug-likeness (QED) is 0.716. The molecule has 0 unspecified atom stereocenters. The van der Waals surface area contributed by atoms with E-state index in [-0.39, 0.29) is 0 Å². The number of aromatic nitrogens is 1. The van der Waals surface area contributed by atoms with E-state index in [1.165, 1.54) is 16.8 Å². The molecule has 0 aliphatic heterocycles. The van der Waals surface area contributed by atoms with Gasteiger partial charge in [0, 0.05) is 17.9 Å². The molecule has 0 bridgehead atoms. The number of aryl methyl sites for hydroxylation is 1. The maximum Gasteiger partial charge on any atom is 0.0485 e. The van der Waals surface area contributed by atoms with Crippen LogP contribution in [0.1, 0.15) is 32.4 Å². The molecule has 0 saturated heterocycles. The molecule has 0 atom stereocenters. The van der Waals surface area contributed by atoms with Crippen LogP contribution in [-0.2, 0) is 6.42 Å². The van der Waals surface area contributed by atoms with Crippen LogP contribution in [0.5, 0.6) is 0 Å². The van der Waals surface area contributed by atoms with Crippen molar-refractivity contribution in [1.29, 1.82) is 0 Å². The second kappa shape index (κ2) is 4.56. The van der Waals surface area contributed by atoms with Crippen molar-refractivity contribution in [3.8, 4) is 11.3 Å². The largest absolute Gasteiger partial charge is 0.345 e. The highest BCUT2D eigenvalue weighted by Gasteiger charge is 2.08. The van der Waals surface area contributed by atoms with E-state index in [4.69, 9.17) is 0 Å². The van der Waals surface area contributed by atoms with E-state index in [9.17, 15) is 0 Å². The molecule has 0 fully saturated rings. The summed E-state index contributed by atoms with van der Waals surface area (Å²) < 4.78 is 2.36. The molecule has 1 nitrogen and oxygen atoms in total. The summed E-state index contributed by atoms with van der Waals surface area (Å²) in [5.41, 5.74) is 4.04. The highest BCUT2D eigenvalue weighted by molar-refractivity contribution is 5.61. The summed E-state index contributed by atoms with van der Waals surface area (Å²) in [6.07, 6.45) is 3.37. The zero-order valence-corrected chi connectivity index (χ0v) is 10.3. The zero-order chi connectivity index (χ0) is 11.5. The van der Waals surface area contributed by atoms with Crippen LogP contribution in [0.3, 0.4) is 0 Å². The standard InChI is InChI=1S/C15H19N/c1-4-13-10-15(16(11-13)12(2)3)14-8-6-5-7-9-14/h5-12H,4H2,1-3H3. The number of rotatable bonds is 3. The molecule has 1 heterocycles. The van der Waals surface area contributed by atoms with Gasteiger partial charge < -0.3 is 4.57 Å². The molecule has 0 aliphatic rings. The van der Waals surface area contributed by atoms with E-state index in [2.05, 4.69) is 67.9 Å². The van der Waals surface area contributed by atoms with Crippen molar-refractivity contribution in [3.05, 3.63) is 48.2 Å².